The summed E-state index contributed by atoms with van der Waals surface area (Å²) in [5.74, 6) is -1.40. The Morgan fingerprint density at radius 3 is 2.57 bits per heavy atom. The summed E-state index contributed by atoms with van der Waals surface area (Å²) in [5.41, 5.74) is 5.92. The van der Waals surface area contributed by atoms with E-state index in [1.165, 1.54) is 24.1 Å². The van der Waals surface area contributed by atoms with E-state index in [1.54, 1.807) is 18.2 Å². The van der Waals surface area contributed by atoms with Crippen LogP contribution in [0.2, 0.25) is 0 Å². The van der Waals surface area contributed by atoms with E-state index in [-0.39, 0.29) is 35.9 Å². The highest BCUT2D eigenvalue weighted by Gasteiger charge is 2.44. The first-order valence-corrected chi connectivity index (χ1v) is 15.5. The van der Waals surface area contributed by atoms with Gasteiger partial charge >= 0.3 is 0 Å². The summed E-state index contributed by atoms with van der Waals surface area (Å²) >= 11 is 0. The van der Waals surface area contributed by atoms with Crippen molar-refractivity contribution in [2.45, 2.75) is 75.9 Å². The predicted molar refractivity (Wildman–Crippen MR) is 165 cm³/mol. The van der Waals surface area contributed by atoms with Crippen LogP contribution in [0.1, 0.15) is 95.3 Å². The highest BCUT2D eigenvalue weighted by atomic mass is 16.2. The van der Waals surface area contributed by atoms with Crippen LogP contribution in [0, 0.1) is 0 Å². The molecular weight excluding hydrogens is 558 g/mol. The second-order valence-corrected chi connectivity index (χ2v) is 11.9. The minimum atomic E-state index is -0.958. The summed E-state index contributed by atoms with van der Waals surface area (Å²) in [6.07, 6.45) is 10.8. The number of nitrogens with zero attached hydrogens (tertiary/aromatic N) is 4. The molecule has 3 N–H and O–H groups in total. The molecule has 2 aromatic carbocycles. The zero-order chi connectivity index (χ0) is 30.2. The van der Waals surface area contributed by atoms with E-state index in [0.717, 1.165) is 60.7 Å². The van der Waals surface area contributed by atoms with Crippen LogP contribution in [-0.2, 0) is 16.1 Å². The van der Waals surface area contributed by atoms with Crippen LogP contribution in [0.5, 0.6) is 0 Å². The molecule has 3 aliphatic heterocycles. The van der Waals surface area contributed by atoms with Gasteiger partial charge in [0.25, 0.3) is 11.8 Å². The van der Waals surface area contributed by atoms with Gasteiger partial charge < -0.3 is 10.6 Å². The van der Waals surface area contributed by atoms with Gasteiger partial charge in [-0.05, 0) is 62.4 Å². The van der Waals surface area contributed by atoms with Crippen LogP contribution in [0.25, 0.3) is 0 Å². The van der Waals surface area contributed by atoms with Crippen molar-refractivity contribution < 1.29 is 19.2 Å². The van der Waals surface area contributed by atoms with Crippen molar-refractivity contribution in [1.29, 1.82) is 0 Å². The van der Waals surface area contributed by atoms with Crippen LogP contribution >= 0.6 is 0 Å². The molecule has 4 amide bonds. The zero-order valence-electron chi connectivity index (χ0n) is 24.4. The number of carbonyl (C=O) groups excluding carboxylic acids is 4. The summed E-state index contributed by atoms with van der Waals surface area (Å²) in [6.45, 7) is 1.63. The second kappa shape index (κ2) is 11.7. The maximum atomic E-state index is 13.1. The Bertz CT molecular complexity index is 1670. The summed E-state index contributed by atoms with van der Waals surface area (Å²) in [5, 5.41) is 14.0. The number of imide groups is 2. The number of carbonyl (C=O) groups is 4. The van der Waals surface area contributed by atoms with Crippen molar-refractivity contribution in [3.8, 4) is 0 Å². The molecule has 7 rings (SSSR count). The van der Waals surface area contributed by atoms with E-state index in [1.807, 2.05) is 30.6 Å². The molecule has 1 aliphatic carbocycles. The van der Waals surface area contributed by atoms with Crippen LogP contribution in [-0.4, -0.2) is 57.1 Å². The molecule has 0 radical (unpaired) electrons. The van der Waals surface area contributed by atoms with E-state index < -0.39 is 23.8 Å². The maximum Gasteiger partial charge on any atom is 0.262 e. The summed E-state index contributed by atoms with van der Waals surface area (Å²) < 4.78 is 2.20. The third-order valence-electron chi connectivity index (χ3n) is 8.85. The minimum Gasteiger partial charge on any atom is -0.385 e. The van der Waals surface area contributed by atoms with Gasteiger partial charge in [0.1, 0.15) is 6.04 Å². The summed E-state index contributed by atoms with van der Waals surface area (Å²) in [6, 6.07) is 12.3. The Labute approximate surface area is 255 Å². The first-order valence-electron chi connectivity index (χ1n) is 15.5. The molecule has 44 heavy (non-hydrogen) atoms. The van der Waals surface area contributed by atoms with Crippen molar-refractivity contribution in [1.82, 2.24) is 20.0 Å². The van der Waals surface area contributed by atoms with Gasteiger partial charge in [-0.2, -0.15) is 5.10 Å². The van der Waals surface area contributed by atoms with E-state index >= 15 is 0 Å². The van der Waals surface area contributed by atoms with Gasteiger partial charge in [0.15, 0.2) is 0 Å². The second-order valence-electron chi connectivity index (χ2n) is 11.9. The lowest BCUT2D eigenvalue weighted by Crippen LogP contribution is -2.54. The number of aryl methyl sites for hydroxylation is 1. The van der Waals surface area contributed by atoms with Crippen LogP contribution < -0.4 is 16.0 Å². The number of hydrogen-bond donors (Lipinski definition) is 3. The lowest BCUT2D eigenvalue weighted by Gasteiger charge is -2.27. The first-order chi connectivity index (χ1) is 21.5. The molecule has 1 saturated heterocycles. The predicted octanol–water partition coefficient (Wildman–Crippen LogP) is 4.70. The van der Waals surface area contributed by atoms with Crippen molar-refractivity contribution in [3.63, 3.8) is 0 Å². The number of anilines is 2. The molecule has 0 bridgehead atoms. The number of aliphatic imine (C=N–C) groups is 1. The number of nitrogens with one attached hydrogen (secondary N) is 3. The third kappa shape index (κ3) is 5.38. The number of fused-ring (bicyclic) bond motifs is 2. The Morgan fingerprint density at radius 2 is 1.73 bits per heavy atom. The monoisotopic (exact) mass is 593 g/mol. The van der Waals surface area contributed by atoms with Gasteiger partial charge in [0.2, 0.25) is 11.8 Å². The molecule has 11 heteroatoms. The Hall–Kier alpha value is -4.80. The van der Waals surface area contributed by atoms with Crippen molar-refractivity contribution in [3.05, 3.63) is 71.0 Å². The van der Waals surface area contributed by atoms with Crippen LogP contribution in [0.15, 0.2) is 53.7 Å². The fourth-order valence-electron chi connectivity index (χ4n) is 6.41. The smallest absolute Gasteiger partial charge is 0.262 e. The molecule has 1 aromatic heterocycles. The number of piperidine rings is 1. The molecule has 2 atom stereocenters. The topological polar surface area (TPSA) is 138 Å². The first kappa shape index (κ1) is 28.0. The van der Waals surface area contributed by atoms with Gasteiger partial charge in [-0.15, -0.1) is 0 Å². The van der Waals surface area contributed by atoms with Crippen molar-refractivity contribution in [2.24, 2.45) is 4.99 Å². The van der Waals surface area contributed by atoms with E-state index in [0.29, 0.717) is 5.92 Å². The quantitative estimate of drug-likeness (QED) is 0.216. The van der Waals surface area contributed by atoms with Gasteiger partial charge in [-0.25, -0.2) is 0 Å². The SMILES string of the molecule is O=C1CCC(N2C(=O)c3ccc(NCCCCCCn4ncc(C5C=Nc6ccccc6N5)c4C4CC4)cc3C2=O)C(=O)N1. The normalized spacial score (nSPS) is 20.8. The zero-order valence-corrected chi connectivity index (χ0v) is 24.4. The van der Waals surface area contributed by atoms with Crippen molar-refractivity contribution >= 4 is 46.9 Å². The maximum absolute atomic E-state index is 13.1. The lowest BCUT2D eigenvalue weighted by atomic mass is 10.0. The van der Waals surface area contributed by atoms with Gasteiger partial charge in [-0.1, -0.05) is 25.0 Å². The summed E-state index contributed by atoms with van der Waals surface area (Å²) in [7, 11) is 0. The molecule has 11 nitrogen and oxygen atoms in total. The highest BCUT2D eigenvalue weighted by molar-refractivity contribution is 6.23. The largest absolute Gasteiger partial charge is 0.385 e. The number of unbranched alkanes of at least 4 members (excludes halogenated alkanes) is 3. The van der Waals surface area contributed by atoms with Gasteiger partial charge in [0.05, 0.1) is 34.7 Å². The number of benzene rings is 2. The van der Waals surface area contributed by atoms with E-state index in [9.17, 15) is 19.2 Å². The number of para-hydroxylation sites is 2. The van der Waals surface area contributed by atoms with Gasteiger partial charge in [0, 0.05) is 48.6 Å². The summed E-state index contributed by atoms with van der Waals surface area (Å²) in [4.78, 5) is 55.4. The average molecular weight is 594 g/mol. The molecule has 2 fully saturated rings. The Kier molecular flexibility index (Phi) is 7.45. The number of rotatable bonds is 11. The lowest BCUT2D eigenvalue weighted by molar-refractivity contribution is -0.136. The van der Waals surface area contributed by atoms with Crippen molar-refractivity contribution in [2.75, 3.05) is 17.2 Å². The van der Waals surface area contributed by atoms with Crippen LogP contribution in [0.4, 0.5) is 17.1 Å². The molecule has 2 unspecified atom stereocenters. The third-order valence-corrected chi connectivity index (χ3v) is 8.85. The molecule has 4 heterocycles. The van der Waals surface area contributed by atoms with Gasteiger partial charge in [-0.3, -0.25) is 39.1 Å². The van der Waals surface area contributed by atoms with E-state index in [2.05, 4.69) is 31.7 Å². The molecule has 0 spiro atoms. The average Bonchev–Trinajstić information content (AvgIpc) is 3.74. The number of amides is 4. The molecule has 1 saturated carbocycles. The number of aromatic nitrogens is 2. The Balaban J connectivity index is 0.882. The molecular formula is C33H35N7O4. The highest BCUT2D eigenvalue weighted by Crippen LogP contribution is 2.44. The number of hydrogen-bond acceptors (Lipinski definition) is 8. The van der Waals surface area contributed by atoms with Crippen LogP contribution in [0.3, 0.4) is 0 Å². The molecule has 226 valence electrons. The fraction of sp³-hybridized carbons (Fsp3) is 0.394. The minimum absolute atomic E-state index is 0.0356. The van der Waals surface area contributed by atoms with E-state index in [4.69, 9.17) is 5.10 Å². The standard InChI is InChI=1S/C33H35N7O4/c41-29-14-13-28(31(42)38-29)40-32(43)22-12-11-21(17-23(22)33(40)44)34-15-5-1-2-6-16-39-30(20-9-10-20)24(18-36-39)27-19-35-25-7-3-4-8-26(25)37-27/h3-4,7-8,11-12,17-20,27-28,34,37H,1-2,5-6,9-10,13-16H2,(H,38,41,42). The Morgan fingerprint density at radius 1 is 0.909 bits per heavy atom. The fourth-order valence-corrected chi connectivity index (χ4v) is 6.41. The molecule has 4 aliphatic rings. The molecule has 3 aromatic rings.